The van der Waals surface area contributed by atoms with E-state index in [1.165, 1.54) is 24.8 Å². The molecule has 0 aliphatic rings. The summed E-state index contributed by atoms with van der Waals surface area (Å²) in [4.78, 5) is 12.0. The van der Waals surface area contributed by atoms with E-state index in [2.05, 4.69) is 19.9 Å². The van der Waals surface area contributed by atoms with Gasteiger partial charge in [0, 0.05) is 12.0 Å². The van der Waals surface area contributed by atoms with Crippen LogP contribution >= 0.6 is 0 Å². The summed E-state index contributed by atoms with van der Waals surface area (Å²) in [5.41, 5.74) is 3.26. The third kappa shape index (κ3) is 3.48. The van der Waals surface area contributed by atoms with Gasteiger partial charge in [-0.3, -0.25) is 4.79 Å². The van der Waals surface area contributed by atoms with Crippen molar-refractivity contribution >= 4 is 5.78 Å². The van der Waals surface area contributed by atoms with Crippen LogP contribution in [0.1, 0.15) is 60.5 Å². The van der Waals surface area contributed by atoms with Crippen LogP contribution in [0.5, 0.6) is 0 Å². The number of carbonyl (C=O) groups is 1. The fourth-order valence-corrected chi connectivity index (χ4v) is 1.90. The normalized spacial score (nSPS) is 10.4. The molecule has 0 fully saturated rings. The number of ketones is 1. The van der Waals surface area contributed by atoms with E-state index in [9.17, 15) is 4.79 Å². The number of aryl methyl sites for hydroxylation is 1. The highest BCUT2D eigenvalue weighted by molar-refractivity contribution is 5.97. The van der Waals surface area contributed by atoms with E-state index >= 15 is 0 Å². The molecule has 0 radical (unpaired) electrons. The van der Waals surface area contributed by atoms with Crippen LogP contribution < -0.4 is 0 Å². The standard InChI is InChI=1S/C15H22O/c1-4-5-6-7-11-15(16)14-10-8-9-12(2)13(14)3/h8-10H,4-7,11H2,1-3H3. The van der Waals surface area contributed by atoms with Gasteiger partial charge in [-0.1, -0.05) is 44.4 Å². The van der Waals surface area contributed by atoms with E-state index in [1.54, 1.807) is 0 Å². The van der Waals surface area contributed by atoms with Crippen molar-refractivity contribution in [2.75, 3.05) is 0 Å². The summed E-state index contributed by atoms with van der Waals surface area (Å²) in [7, 11) is 0. The van der Waals surface area contributed by atoms with E-state index in [1.807, 2.05) is 19.1 Å². The van der Waals surface area contributed by atoms with Gasteiger partial charge in [-0.2, -0.15) is 0 Å². The molecule has 1 nitrogen and oxygen atoms in total. The SMILES string of the molecule is CCCCCCC(=O)c1cccc(C)c1C. The summed E-state index contributed by atoms with van der Waals surface area (Å²) in [6, 6.07) is 5.98. The average Bonchev–Trinajstić information content (AvgIpc) is 2.28. The van der Waals surface area contributed by atoms with Crippen molar-refractivity contribution in [3.63, 3.8) is 0 Å². The number of hydrogen-bond donors (Lipinski definition) is 0. The Labute approximate surface area is 98.9 Å². The zero-order valence-electron chi connectivity index (χ0n) is 10.7. The van der Waals surface area contributed by atoms with E-state index in [0.29, 0.717) is 12.2 Å². The molecule has 0 atom stereocenters. The first-order valence-corrected chi connectivity index (χ1v) is 6.26. The van der Waals surface area contributed by atoms with Gasteiger partial charge in [0.2, 0.25) is 0 Å². The van der Waals surface area contributed by atoms with Crippen molar-refractivity contribution in [2.45, 2.75) is 52.9 Å². The van der Waals surface area contributed by atoms with Gasteiger partial charge in [0.1, 0.15) is 0 Å². The number of carbonyl (C=O) groups excluding carboxylic acids is 1. The maximum Gasteiger partial charge on any atom is 0.163 e. The molecule has 0 spiro atoms. The van der Waals surface area contributed by atoms with E-state index in [-0.39, 0.29) is 0 Å². The molecule has 0 bridgehead atoms. The molecule has 0 aromatic heterocycles. The smallest absolute Gasteiger partial charge is 0.163 e. The number of Topliss-reactive ketones (excluding diaryl/α,β-unsaturated/α-hetero) is 1. The summed E-state index contributed by atoms with van der Waals surface area (Å²) in [6.07, 6.45) is 5.36. The number of hydrogen-bond acceptors (Lipinski definition) is 1. The van der Waals surface area contributed by atoms with Crippen LogP contribution in [0.3, 0.4) is 0 Å². The maximum atomic E-state index is 12.0. The summed E-state index contributed by atoms with van der Waals surface area (Å²) in [5, 5.41) is 0. The largest absolute Gasteiger partial charge is 0.294 e. The van der Waals surface area contributed by atoms with Gasteiger partial charge >= 0.3 is 0 Å². The van der Waals surface area contributed by atoms with Crippen LogP contribution in [0.4, 0.5) is 0 Å². The summed E-state index contributed by atoms with van der Waals surface area (Å²) >= 11 is 0. The molecule has 0 aliphatic carbocycles. The Kier molecular flexibility index (Phi) is 5.24. The van der Waals surface area contributed by atoms with Gasteiger partial charge in [-0.15, -0.1) is 0 Å². The molecule has 88 valence electrons. The van der Waals surface area contributed by atoms with E-state index < -0.39 is 0 Å². The fourth-order valence-electron chi connectivity index (χ4n) is 1.90. The molecule has 0 heterocycles. The van der Waals surface area contributed by atoms with Gasteiger partial charge in [0.15, 0.2) is 5.78 Å². The molecule has 1 aromatic carbocycles. The van der Waals surface area contributed by atoms with Crippen LogP contribution in [0.15, 0.2) is 18.2 Å². The lowest BCUT2D eigenvalue weighted by Gasteiger charge is -2.07. The monoisotopic (exact) mass is 218 g/mol. The van der Waals surface area contributed by atoms with E-state index in [4.69, 9.17) is 0 Å². The van der Waals surface area contributed by atoms with Crippen molar-refractivity contribution in [1.29, 1.82) is 0 Å². The lowest BCUT2D eigenvalue weighted by atomic mass is 9.97. The lowest BCUT2D eigenvalue weighted by Crippen LogP contribution is -2.02. The first-order valence-electron chi connectivity index (χ1n) is 6.26. The molecule has 1 aromatic rings. The fraction of sp³-hybridized carbons (Fsp3) is 0.533. The van der Waals surface area contributed by atoms with Gasteiger partial charge in [-0.05, 0) is 31.4 Å². The van der Waals surface area contributed by atoms with Gasteiger partial charge in [0.25, 0.3) is 0 Å². The minimum atomic E-state index is 0.303. The zero-order chi connectivity index (χ0) is 12.0. The van der Waals surface area contributed by atoms with Crippen LogP contribution in [-0.2, 0) is 0 Å². The molecule has 0 saturated carbocycles. The predicted octanol–water partition coefficient (Wildman–Crippen LogP) is 4.46. The molecule has 0 aliphatic heterocycles. The second-order valence-electron chi connectivity index (χ2n) is 4.48. The summed E-state index contributed by atoms with van der Waals surface area (Å²) in [5.74, 6) is 0.303. The molecule has 1 heteroatoms. The summed E-state index contributed by atoms with van der Waals surface area (Å²) in [6.45, 7) is 6.28. The first-order chi connectivity index (χ1) is 7.66. The third-order valence-electron chi connectivity index (χ3n) is 3.16. The third-order valence-corrected chi connectivity index (χ3v) is 3.16. The zero-order valence-corrected chi connectivity index (χ0v) is 10.7. The highest BCUT2D eigenvalue weighted by atomic mass is 16.1. The molecular weight excluding hydrogens is 196 g/mol. The van der Waals surface area contributed by atoms with Crippen molar-refractivity contribution in [1.82, 2.24) is 0 Å². The Hall–Kier alpha value is -1.11. The van der Waals surface area contributed by atoms with Gasteiger partial charge in [-0.25, -0.2) is 0 Å². The molecule has 0 N–H and O–H groups in total. The highest BCUT2D eigenvalue weighted by Crippen LogP contribution is 2.16. The van der Waals surface area contributed by atoms with Crippen molar-refractivity contribution in [3.8, 4) is 0 Å². The predicted molar refractivity (Wildman–Crippen MR) is 69.0 cm³/mol. The summed E-state index contributed by atoms with van der Waals surface area (Å²) < 4.78 is 0. The van der Waals surface area contributed by atoms with Crippen LogP contribution in [0.25, 0.3) is 0 Å². The minimum absolute atomic E-state index is 0.303. The average molecular weight is 218 g/mol. The molecular formula is C15H22O. The minimum Gasteiger partial charge on any atom is -0.294 e. The molecule has 0 amide bonds. The lowest BCUT2D eigenvalue weighted by molar-refractivity contribution is 0.0978. The Bertz CT molecular complexity index is 352. The number of rotatable bonds is 6. The second-order valence-corrected chi connectivity index (χ2v) is 4.48. The van der Waals surface area contributed by atoms with Gasteiger partial charge < -0.3 is 0 Å². The van der Waals surface area contributed by atoms with E-state index in [0.717, 1.165) is 17.5 Å². The Morgan fingerprint density at radius 1 is 1.12 bits per heavy atom. The second kappa shape index (κ2) is 6.47. The maximum absolute atomic E-state index is 12.0. The van der Waals surface area contributed by atoms with Crippen LogP contribution in [-0.4, -0.2) is 5.78 Å². The van der Waals surface area contributed by atoms with Crippen LogP contribution in [0, 0.1) is 13.8 Å². The Morgan fingerprint density at radius 3 is 2.56 bits per heavy atom. The number of unbranched alkanes of at least 4 members (excludes halogenated alkanes) is 3. The van der Waals surface area contributed by atoms with Crippen molar-refractivity contribution < 1.29 is 4.79 Å². The molecule has 0 unspecified atom stereocenters. The Morgan fingerprint density at radius 2 is 1.88 bits per heavy atom. The van der Waals surface area contributed by atoms with Crippen molar-refractivity contribution in [3.05, 3.63) is 34.9 Å². The Balaban J connectivity index is 2.56. The quantitative estimate of drug-likeness (QED) is 0.509. The molecule has 0 saturated heterocycles. The topological polar surface area (TPSA) is 17.1 Å². The number of benzene rings is 1. The van der Waals surface area contributed by atoms with Gasteiger partial charge in [0.05, 0.1) is 0 Å². The van der Waals surface area contributed by atoms with Crippen LogP contribution in [0.2, 0.25) is 0 Å². The molecule has 16 heavy (non-hydrogen) atoms. The highest BCUT2D eigenvalue weighted by Gasteiger charge is 2.09. The van der Waals surface area contributed by atoms with Crippen molar-refractivity contribution in [2.24, 2.45) is 0 Å². The first kappa shape index (κ1) is 13.0. The molecule has 1 rings (SSSR count).